The van der Waals surface area contributed by atoms with E-state index in [4.69, 9.17) is 5.11 Å². The molecule has 1 aliphatic heterocycles. The van der Waals surface area contributed by atoms with E-state index in [-0.39, 0.29) is 17.7 Å². The lowest BCUT2D eigenvalue weighted by Crippen LogP contribution is -2.41. The number of nitrogens with one attached hydrogen (secondary N) is 1. The minimum absolute atomic E-state index is 0.0967. The molecule has 0 unspecified atom stereocenters. The number of H-pyrrole nitrogens is 1. The van der Waals surface area contributed by atoms with Crippen molar-refractivity contribution in [3.8, 4) is 0 Å². The Balaban J connectivity index is 1.46. The summed E-state index contributed by atoms with van der Waals surface area (Å²) in [4.78, 5) is 30.2. The molecule has 1 amide bonds. The lowest BCUT2D eigenvalue weighted by Gasteiger charge is -2.33. The summed E-state index contributed by atoms with van der Waals surface area (Å²) in [6, 6.07) is 0. The number of rotatable bonds is 5. The van der Waals surface area contributed by atoms with E-state index in [0.29, 0.717) is 31.1 Å². The number of hydrogen-bond acceptors (Lipinski definition) is 4. The van der Waals surface area contributed by atoms with E-state index >= 15 is 0 Å². The fourth-order valence-corrected chi connectivity index (χ4v) is 3.98. The molecule has 138 valence electrons. The van der Waals surface area contributed by atoms with E-state index in [2.05, 4.69) is 29.0 Å². The van der Waals surface area contributed by atoms with Gasteiger partial charge in [-0.2, -0.15) is 5.10 Å². The molecule has 0 radical (unpaired) electrons. The normalized spacial score (nSPS) is 24.8. The number of likely N-dealkylation sites (tertiary alicyclic amines) is 1. The predicted octanol–water partition coefficient (Wildman–Crippen LogP) is 2.21. The maximum Gasteiger partial charge on any atom is 0.306 e. The predicted molar refractivity (Wildman–Crippen MR) is 91.9 cm³/mol. The second kappa shape index (κ2) is 7.54. The molecule has 2 N–H and O–H groups in total. The van der Waals surface area contributed by atoms with Gasteiger partial charge in [-0.25, -0.2) is 4.98 Å². The van der Waals surface area contributed by atoms with Gasteiger partial charge >= 0.3 is 5.97 Å². The largest absolute Gasteiger partial charge is 0.481 e. The molecule has 3 rings (SSSR count). The molecular formula is C18H28N4O3. The maximum atomic E-state index is 12.6. The SMILES string of the molecule is CC(C)c1n[nH]c(CC2CCN(C(=O)[C@@H]3CC[C@H](C(=O)O)C3)CC2)n1. The summed E-state index contributed by atoms with van der Waals surface area (Å²) in [5.74, 6) is 1.60. The summed E-state index contributed by atoms with van der Waals surface area (Å²) in [6.45, 7) is 5.69. The molecule has 7 heteroatoms. The quantitative estimate of drug-likeness (QED) is 0.850. The Morgan fingerprint density at radius 2 is 1.88 bits per heavy atom. The third-order valence-corrected chi connectivity index (χ3v) is 5.60. The highest BCUT2D eigenvalue weighted by Gasteiger charge is 2.36. The van der Waals surface area contributed by atoms with Crippen LogP contribution in [0.1, 0.15) is 63.5 Å². The average molecular weight is 348 g/mol. The summed E-state index contributed by atoms with van der Waals surface area (Å²) in [6.07, 6.45) is 4.67. The molecule has 1 aliphatic carbocycles. The van der Waals surface area contributed by atoms with Crippen LogP contribution in [0.25, 0.3) is 0 Å². The Morgan fingerprint density at radius 3 is 2.44 bits per heavy atom. The van der Waals surface area contributed by atoms with Crippen LogP contribution >= 0.6 is 0 Å². The molecule has 7 nitrogen and oxygen atoms in total. The number of carboxylic acids is 1. The smallest absolute Gasteiger partial charge is 0.306 e. The standard InChI is InChI=1S/C18H28N4O3/c1-11(2)16-19-15(20-21-16)9-12-5-7-22(8-6-12)17(23)13-3-4-14(10-13)18(24)25/h11-14H,3-10H2,1-2H3,(H,24,25)(H,19,20,21)/t13-,14+/m1/s1. The third-order valence-electron chi connectivity index (χ3n) is 5.60. The average Bonchev–Trinajstić information content (AvgIpc) is 3.24. The van der Waals surface area contributed by atoms with E-state index in [0.717, 1.165) is 44.0 Å². The van der Waals surface area contributed by atoms with Crippen LogP contribution in [-0.4, -0.2) is 50.2 Å². The first kappa shape index (κ1) is 17.9. The molecule has 1 saturated carbocycles. The molecule has 0 aromatic carbocycles. The topological polar surface area (TPSA) is 99.2 Å². The van der Waals surface area contributed by atoms with Crippen molar-refractivity contribution in [3.05, 3.63) is 11.6 Å². The number of nitrogens with zero attached hydrogens (tertiary/aromatic N) is 3. The van der Waals surface area contributed by atoms with Gasteiger partial charge in [0.2, 0.25) is 5.91 Å². The number of carbonyl (C=O) groups is 2. The zero-order valence-electron chi connectivity index (χ0n) is 15.1. The van der Waals surface area contributed by atoms with Crippen molar-refractivity contribution in [3.63, 3.8) is 0 Å². The molecule has 2 aliphatic rings. The molecule has 2 heterocycles. The number of aromatic amines is 1. The molecule has 1 saturated heterocycles. The molecule has 1 aromatic rings. The molecule has 2 atom stereocenters. The van der Waals surface area contributed by atoms with Crippen molar-refractivity contribution in [2.45, 2.75) is 58.3 Å². The highest BCUT2D eigenvalue weighted by atomic mass is 16.4. The van der Waals surface area contributed by atoms with Crippen molar-refractivity contribution in [2.75, 3.05) is 13.1 Å². The monoisotopic (exact) mass is 348 g/mol. The van der Waals surface area contributed by atoms with E-state index < -0.39 is 5.97 Å². The van der Waals surface area contributed by atoms with Gasteiger partial charge in [0, 0.05) is 31.3 Å². The maximum absolute atomic E-state index is 12.6. The molecule has 0 spiro atoms. The summed E-state index contributed by atoms with van der Waals surface area (Å²) in [5.41, 5.74) is 0. The number of aliphatic carboxylic acids is 1. The Hall–Kier alpha value is -1.92. The highest BCUT2D eigenvalue weighted by molar-refractivity contribution is 5.81. The fourth-order valence-electron chi connectivity index (χ4n) is 3.98. The number of hydrogen-bond donors (Lipinski definition) is 2. The van der Waals surface area contributed by atoms with Gasteiger partial charge in [-0.3, -0.25) is 14.7 Å². The van der Waals surface area contributed by atoms with Crippen molar-refractivity contribution in [1.82, 2.24) is 20.1 Å². The van der Waals surface area contributed by atoms with Crippen LogP contribution in [0.4, 0.5) is 0 Å². The van der Waals surface area contributed by atoms with Crippen molar-refractivity contribution in [2.24, 2.45) is 17.8 Å². The van der Waals surface area contributed by atoms with Crippen LogP contribution in [0.2, 0.25) is 0 Å². The molecule has 1 aromatic heterocycles. The lowest BCUT2D eigenvalue weighted by molar-refractivity contribution is -0.141. The first-order chi connectivity index (χ1) is 11.9. The number of carbonyl (C=O) groups excluding carboxylic acids is 1. The highest BCUT2D eigenvalue weighted by Crippen LogP contribution is 2.33. The van der Waals surface area contributed by atoms with Gasteiger partial charge in [0.25, 0.3) is 0 Å². The van der Waals surface area contributed by atoms with E-state index in [9.17, 15) is 9.59 Å². The fraction of sp³-hybridized carbons (Fsp3) is 0.778. The minimum atomic E-state index is -0.762. The summed E-state index contributed by atoms with van der Waals surface area (Å²) < 4.78 is 0. The molecule has 2 fully saturated rings. The third kappa shape index (κ3) is 4.19. The van der Waals surface area contributed by atoms with Gasteiger partial charge < -0.3 is 10.0 Å². The summed E-state index contributed by atoms with van der Waals surface area (Å²) in [5, 5.41) is 16.4. The van der Waals surface area contributed by atoms with Gasteiger partial charge in [-0.05, 0) is 38.0 Å². The van der Waals surface area contributed by atoms with E-state index in [1.165, 1.54) is 0 Å². The molecular weight excluding hydrogens is 320 g/mol. The zero-order valence-corrected chi connectivity index (χ0v) is 15.1. The van der Waals surface area contributed by atoms with Gasteiger partial charge in [0.1, 0.15) is 5.82 Å². The summed E-state index contributed by atoms with van der Waals surface area (Å²) >= 11 is 0. The second-order valence-corrected chi connectivity index (χ2v) is 7.81. The lowest BCUT2D eigenvalue weighted by atomic mass is 9.92. The Labute approximate surface area is 148 Å². The Morgan fingerprint density at radius 1 is 1.20 bits per heavy atom. The minimum Gasteiger partial charge on any atom is -0.481 e. The van der Waals surface area contributed by atoms with Crippen LogP contribution in [0.3, 0.4) is 0 Å². The number of piperidine rings is 1. The van der Waals surface area contributed by atoms with Crippen LogP contribution in [0.15, 0.2) is 0 Å². The van der Waals surface area contributed by atoms with E-state index in [1.54, 1.807) is 0 Å². The van der Waals surface area contributed by atoms with Crippen molar-refractivity contribution in [1.29, 1.82) is 0 Å². The van der Waals surface area contributed by atoms with Crippen molar-refractivity contribution >= 4 is 11.9 Å². The Bertz CT molecular complexity index is 620. The zero-order chi connectivity index (χ0) is 18.0. The summed E-state index contributed by atoms with van der Waals surface area (Å²) in [7, 11) is 0. The number of amides is 1. The number of carboxylic acid groups (broad SMARTS) is 1. The van der Waals surface area contributed by atoms with Gasteiger partial charge in [-0.15, -0.1) is 0 Å². The van der Waals surface area contributed by atoms with Crippen LogP contribution in [0, 0.1) is 17.8 Å². The van der Waals surface area contributed by atoms with Crippen molar-refractivity contribution < 1.29 is 14.7 Å². The second-order valence-electron chi connectivity index (χ2n) is 7.81. The van der Waals surface area contributed by atoms with E-state index in [1.807, 2.05) is 4.90 Å². The molecule has 25 heavy (non-hydrogen) atoms. The first-order valence-electron chi connectivity index (χ1n) is 9.36. The van der Waals surface area contributed by atoms with Gasteiger partial charge in [0.05, 0.1) is 5.92 Å². The van der Waals surface area contributed by atoms with Gasteiger partial charge in [-0.1, -0.05) is 13.8 Å². The van der Waals surface area contributed by atoms with Gasteiger partial charge in [0.15, 0.2) is 5.82 Å². The number of aromatic nitrogens is 3. The van der Waals surface area contributed by atoms with Crippen LogP contribution < -0.4 is 0 Å². The van der Waals surface area contributed by atoms with Crippen LogP contribution in [0.5, 0.6) is 0 Å². The Kier molecular flexibility index (Phi) is 5.39. The first-order valence-corrected chi connectivity index (χ1v) is 9.36. The molecule has 0 bridgehead atoms. The van der Waals surface area contributed by atoms with Crippen LogP contribution in [-0.2, 0) is 16.0 Å².